The molecular weight excluding hydrogens is 336 g/mol. The van der Waals surface area contributed by atoms with Gasteiger partial charge in [0.25, 0.3) is 0 Å². The molecule has 144 valence electrons. The summed E-state index contributed by atoms with van der Waals surface area (Å²) in [5.74, 6) is 0.751. The molecule has 4 heteroatoms. The molecule has 1 N–H and O–H groups in total. The molecule has 1 heterocycles. The number of benzene rings is 2. The molecule has 4 nitrogen and oxygen atoms in total. The van der Waals surface area contributed by atoms with Crippen molar-refractivity contribution >= 4 is 6.08 Å². The van der Waals surface area contributed by atoms with Gasteiger partial charge in [-0.1, -0.05) is 48.6 Å². The Kier molecular flexibility index (Phi) is 6.91. The molecule has 2 aromatic rings. The molecule has 1 aliphatic heterocycles. The summed E-state index contributed by atoms with van der Waals surface area (Å²) in [5.41, 5.74) is 2.46. The van der Waals surface area contributed by atoms with E-state index in [0.717, 1.165) is 39.1 Å². The van der Waals surface area contributed by atoms with E-state index in [1.165, 1.54) is 11.1 Å². The first-order valence-electron chi connectivity index (χ1n) is 9.69. The van der Waals surface area contributed by atoms with Crippen molar-refractivity contribution in [2.45, 2.75) is 19.4 Å². The van der Waals surface area contributed by atoms with E-state index < -0.39 is 0 Å². The summed E-state index contributed by atoms with van der Waals surface area (Å²) >= 11 is 0. The van der Waals surface area contributed by atoms with Crippen LogP contribution in [0.2, 0.25) is 0 Å². The third-order valence-corrected chi connectivity index (χ3v) is 5.28. The van der Waals surface area contributed by atoms with E-state index in [-0.39, 0.29) is 5.75 Å². The first-order chi connectivity index (χ1) is 13.2. The Bertz CT molecular complexity index is 737. The second-order valence-electron chi connectivity index (χ2n) is 7.21. The molecule has 0 aromatic heterocycles. The van der Waals surface area contributed by atoms with Crippen LogP contribution in [-0.2, 0) is 6.42 Å². The third-order valence-electron chi connectivity index (χ3n) is 5.28. The summed E-state index contributed by atoms with van der Waals surface area (Å²) in [5, 5.41) is 9.74. The largest absolute Gasteiger partial charge is 0.504 e. The minimum atomic E-state index is 0.200. The van der Waals surface area contributed by atoms with Crippen molar-refractivity contribution in [3.05, 3.63) is 65.7 Å². The lowest BCUT2D eigenvalue weighted by Gasteiger charge is -2.37. The normalized spacial score (nSPS) is 17.3. The molecule has 0 aliphatic carbocycles. The maximum atomic E-state index is 9.74. The van der Waals surface area contributed by atoms with Gasteiger partial charge in [-0.3, -0.25) is 9.80 Å². The van der Waals surface area contributed by atoms with Gasteiger partial charge < -0.3 is 9.84 Å². The molecule has 0 radical (unpaired) electrons. The molecule has 27 heavy (non-hydrogen) atoms. The van der Waals surface area contributed by atoms with Crippen molar-refractivity contribution in [1.82, 2.24) is 9.80 Å². The van der Waals surface area contributed by atoms with Crippen LogP contribution in [0, 0.1) is 0 Å². The van der Waals surface area contributed by atoms with Gasteiger partial charge in [0, 0.05) is 38.8 Å². The molecule has 1 aliphatic rings. The number of methoxy groups -OCH3 is 1. The standard InChI is InChI=1S/C23H30N2O2/c1-19(17-21-10-11-22(26)23(18-21)27-2)25-15-13-24(14-16-25)12-6-9-20-7-4-3-5-8-20/h3-11,18-19,26H,12-17H2,1-2H3. The van der Waals surface area contributed by atoms with E-state index in [0.29, 0.717) is 11.8 Å². The summed E-state index contributed by atoms with van der Waals surface area (Å²) in [6, 6.07) is 16.6. The van der Waals surface area contributed by atoms with Gasteiger partial charge in [-0.05, 0) is 36.6 Å². The average molecular weight is 367 g/mol. The fourth-order valence-electron chi connectivity index (χ4n) is 3.61. The van der Waals surface area contributed by atoms with E-state index in [1.807, 2.05) is 18.2 Å². The van der Waals surface area contributed by atoms with Gasteiger partial charge >= 0.3 is 0 Å². The van der Waals surface area contributed by atoms with E-state index in [1.54, 1.807) is 13.2 Å². The van der Waals surface area contributed by atoms with Crippen molar-refractivity contribution < 1.29 is 9.84 Å². The maximum absolute atomic E-state index is 9.74. The second kappa shape index (κ2) is 9.58. The van der Waals surface area contributed by atoms with Crippen LogP contribution in [0.3, 0.4) is 0 Å². The van der Waals surface area contributed by atoms with Gasteiger partial charge in [-0.2, -0.15) is 0 Å². The number of aromatic hydroxyl groups is 1. The average Bonchev–Trinajstić information content (AvgIpc) is 2.70. The summed E-state index contributed by atoms with van der Waals surface area (Å²) in [6.45, 7) is 7.67. The highest BCUT2D eigenvalue weighted by Gasteiger charge is 2.20. The second-order valence-corrected chi connectivity index (χ2v) is 7.21. The Labute approximate surface area is 162 Å². The smallest absolute Gasteiger partial charge is 0.160 e. The van der Waals surface area contributed by atoms with Crippen molar-refractivity contribution in [3.8, 4) is 11.5 Å². The zero-order valence-electron chi connectivity index (χ0n) is 16.3. The van der Waals surface area contributed by atoms with Gasteiger partial charge in [0.1, 0.15) is 0 Å². The molecule has 1 atom stereocenters. The fourth-order valence-corrected chi connectivity index (χ4v) is 3.61. The van der Waals surface area contributed by atoms with Gasteiger partial charge in [-0.15, -0.1) is 0 Å². The Balaban J connectivity index is 1.45. The Morgan fingerprint density at radius 2 is 1.81 bits per heavy atom. The van der Waals surface area contributed by atoms with E-state index in [9.17, 15) is 5.11 Å². The van der Waals surface area contributed by atoms with Crippen molar-refractivity contribution in [3.63, 3.8) is 0 Å². The van der Waals surface area contributed by atoms with Crippen LogP contribution in [0.1, 0.15) is 18.1 Å². The third kappa shape index (κ3) is 5.59. The quantitative estimate of drug-likeness (QED) is 0.811. The topological polar surface area (TPSA) is 35.9 Å². The minimum Gasteiger partial charge on any atom is -0.504 e. The Morgan fingerprint density at radius 1 is 1.07 bits per heavy atom. The number of phenols is 1. The van der Waals surface area contributed by atoms with Crippen LogP contribution in [0.25, 0.3) is 6.08 Å². The van der Waals surface area contributed by atoms with Gasteiger partial charge in [0.05, 0.1) is 7.11 Å². The Morgan fingerprint density at radius 3 is 2.52 bits per heavy atom. The monoisotopic (exact) mass is 366 g/mol. The molecule has 3 rings (SSSR count). The SMILES string of the molecule is COc1cc(CC(C)N2CCN(CC=Cc3ccccc3)CC2)ccc1O. The molecule has 1 fully saturated rings. The van der Waals surface area contributed by atoms with Gasteiger partial charge in [0.2, 0.25) is 0 Å². The van der Waals surface area contributed by atoms with Gasteiger partial charge in [0.15, 0.2) is 11.5 Å². The van der Waals surface area contributed by atoms with Crippen molar-refractivity contribution in [2.75, 3.05) is 39.8 Å². The minimum absolute atomic E-state index is 0.200. The first-order valence-corrected chi connectivity index (χ1v) is 9.69. The highest BCUT2D eigenvalue weighted by Crippen LogP contribution is 2.27. The number of hydrogen-bond donors (Lipinski definition) is 1. The summed E-state index contributed by atoms with van der Waals surface area (Å²) in [7, 11) is 1.59. The lowest BCUT2D eigenvalue weighted by molar-refractivity contribution is 0.110. The highest BCUT2D eigenvalue weighted by atomic mass is 16.5. The number of piperazine rings is 1. The fraction of sp³-hybridized carbons (Fsp3) is 0.391. The van der Waals surface area contributed by atoms with Crippen LogP contribution in [0.15, 0.2) is 54.6 Å². The van der Waals surface area contributed by atoms with Crippen LogP contribution < -0.4 is 4.74 Å². The van der Waals surface area contributed by atoms with Crippen LogP contribution >= 0.6 is 0 Å². The number of phenolic OH excluding ortho intramolecular Hbond substituents is 1. The highest BCUT2D eigenvalue weighted by molar-refractivity contribution is 5.48. The maximum Gasteiger partial charge on any atom is 0.160 e. The zero-order chi connectivity index (χ0) is 19.1. The molecule has 1 saturated heterocycles. The lowest BCUT2D eigenvalue weighted by atomic mass is 10.0. The predicted octanol–water partition coefficient (Wildman–Crippen LogP) is 3.66. The van der Waals surface area contributed by atoms with Crippen LogP contribution in [-0.4, -0.2) is 60.8 Å². The summed E-state index contributed by atoms with van der Waals surface area (Å²) in [6.07, 6.45) is 5.43. The summed E-state index contributed by atoms with van der Waals surface area (Å²) in [4.78, 5) is 5.06. The predicted molar refractivity (Wildman–Crippen MR) is 111 cm³/mol. The lowest BCUT2D eigenvalue weighted by Crippen LogP contribution is -2.50. The number of hydrogen-bond acceptors (Lipinski definition) is 4. The molecule has 0 saturated carbocycles. The first kappa shape index (κ1) is 19.5. The molecule has 0 bridgehead atoms. The van der Waals surface area contributed by atoms with E-state index in [4.69, 9.17) is 4.74 Å². The van der Waals surface area contributed by atoms with E-state index >= 15 is 0 Å². The van der Waals surface area contributed by atoms with Crippen molar-refractivity contribution in [2.24, 2.45) is 0 Å². The number of rotatable bonds is 7. The number of nitrogens with zero attached hydrogens (tertiary/aromatic N) is 2. The van der Waals surface area contributed by atoms with Crippen molar-refractivity contribution in [1.29, 1.82) is 0 Å². The molecular formula is C23H30N2O2. The molecule has 2 aromatic carbocycles. The van der Waals surface area contributed by atoms with Crippen LogP contribution in [0.4, 0.5) is 0 Å². The molecule has 1 unspecified atom stereocenters. The van der Waals surface area contributed by atoms with E-state index in [2.05, 4.69) is 53.1 Å². The van der Waals surface area contributed by atoms with Crippen LogP contribution in [0.5, 0.6) is 11.5 Å². The Hall–Kier alpha value is -2.30. The summed E-state index contributed by atoms with van der Waals surface area (Å²) < 4.78 is 5.22. The number of ether oxygens (including phenoxy) is 1. The van der Waals surface area contributed by atoms with Gasteiger partial charge in [-0.25, -0.2) is 0 Å². The zero-order valence-corrected chi connectivity index (χ0v) is 16.3. The molecule has 0 spiro atoms. The molecule has 0 amide bonds.